The molecule has 0 spiro atoms. The maximum Gasteiger partial charge on any atom is 0.307 e. The molecule has 0 bridgehead atoms. The van der Waals surface area contributed by atoms with Gasteiger partial charge in [0, 0.05) is 0 Å². The van der Waals surface area contributed by atoms with Gasteiger partial charge in [-0.15, -0.1) is 0 Å². The van der Waals surface area contributed by atoms with Crippen molar-refractivity contribution in [1.29, 1.82) is 0 Å². The predicted molar refractivity (Wildman–Crippen MR) is 54.0 cm³/mol. The lowest BCUT2D eigenvalue weighted by atomic mass is 9.87. The molecule has 0 fully saturated rings. The maximum absolute atomic E-state index is 10.8. The average molecular weight is 232 g/mol. The van der Waals surface area contributed by atoms with E-state index in [9.17, 15) is 14.4 Å². The van der Waals surface area contributed by atoms with Gasteiger partial charge in [0.2, 0.25) is 0 Å². The molecule has 0 rings (SSSR count). The van der Waals surface area contributed by atoms with Crippen molar-refractivity contribution >= 4 is 17.9 Å². The van der Waals surface area contributed by atoms with Gasteiger partial charge in [-0.1, -0.05) is 13.8 Å². The van der Waals surface area contributed by atoms with Crippen molar-refractivity contribution in [2.24, 2.45) is 17.8 Å². The lowest BCUT2D eigenvalue weighted by Crippen LogP contribution is -2.28. The summed E-state index contributed by atoms with van der Waals surface area (Å²) in [5.41, 5.74) is 0. The van der Waals surface area contributed by atoms with Gasteiger partial charge in [0.25, 0.3) is 0 Å². The summed E-state index contributed by atoms with van der Waals surface area (Å²) in [7, 11) is 0. The predicted octanol–water partition coefficient (Wildman–Crippen LogP) is 0.909. The molecule has 0 aliphatic carbocycles. The summed E-state index contributed by atoms with van der Waals surface area (Å²) >= 11 is 0. The fourth-order valence-corrected chi connectivity index (χ4v) is 1.31. The van der Waals surface area contributed by atoms with Crippen molar-refractivity contribution in [1.82, 2.24) is 0 Å². The van der Waals surface area contributed by atoms with E-state index in [1.165, 1.54) is 13.8 Å². The Morgan fingerprint density at radius 2 is 1.38 bits per heavy atom. The second-order valence-electron chi connectivity index (χ2n) is 3.89. The van der Waals surface area contributed by atoms with Gasteiger partial charge in [0.05, 0.1) is 17.8 Å². The van der Waals surface area contributed by atoms with Gasteiger partial charge in [-0.25, -0.2) is 0 Å². The van der Waals surface area contributed by atoms with Crippen molar-refractivity contribution in [2.75, 3.05) is 0 Å². The zero-order valence-electron chi connectivity index (χ0n) is 9.21. The highest BCUT2D eigenvalue weighted by Crippen LogP contribution is 2.21. The van der Waals surface area contributed by atoms with Gasteiger partial charge < -0.3 is 15.3 Å². The normalized spacial score (nSPS) is 16.1. The summed E-state index contributed by atoms with van der Waals surface area (Å²) in [5.74, 6) is -6.12. The first-order valence-electron chi connectivity index (χ1n) is 4.95. The van der Waals surface area contributed by atoms with Gasteiger partial charge >= 0.3 is 17.9 Å². The molecule has 0 amide bonds. The molecule has 3 N–H and O–H groups in total. The smallest absolute Gasteiger partial charge is 0.307 e. The molecule has 3 unspecified atom stereocenters. The second-order valence-corrected chi connectivity index (χ2v) is 3.89. The molecule has 0 saturated carbocycles. The van der Waals surface area contributed by atoms with Crippen LogP contribution in [-0.2, 0) is 14.4 Å². The summed E-state index contributed by atoms with van der Waals surface area (Å²) in [4.78, 5) is 32.0. The van der Waals surface area contributed by atoms with Gasteiger partial charge in [0.15, 0.2) is 0 Å². The van der Waals surface area contributed by atoms with Gasteiger partial charge in [-0.2, -0.15) is 0 Å². The third-order valence-corrected chi connectivity index (χ3v) is 2.64. The number of rotatable bonds is 7. The van der Waals surface area contributed by atoms with Crippen LogP contribution in [0.4, 0.5) is 0 Å². The molecule has 92 valence electrons. The number of carboxylic acid groups (broad SMARTS) is 3. The van der Waals surface area contributed by atoms with Gasteiger partial charge in [-0.05, 0) is 12.8 Å². The highest BCUT2D eigenvalue weighted by molar-refractivity contribution is 5.79. The van der Waals surface area contributed by atoms with E-state index >= 15 is 0 Å². The van der Waals surface area contributed by atoms with Crippen LogP contribution in [0, 0.1) is 17.8 Å². The molecular formula is C10H16O6. The van der Waals surface area contributed by atoms with Crippen LogP contribution in [-0.4, -0.2) is 33.2 Å². The Morgan fingerprint density at radius 1 is 0.875 bits per heavy atom. The van der Waals surface area contributed by atoms with E-state index in [-0.39, 0.29) is 12.8 Å². The molecule has 0 aliphatic heterocycles. The third kappa shape index (κ3) is 4.29. The number of carbonyl (C=O) groups is 3. The summed E-state index contributed by atoms with van der Waals surface area (Å²) in [6.07, 6.45) is 0.209. The number of carboxylic acids is 3. The van der Waals surface area contributed by atoms with Crippen LogP contribution in [0.3, 0.4) is 0 Å². The topological polar surface area (TPSA) is 112 Å². The van der Waals surface area contributed by atoms with Crippen LogP contribution in [0.25, 0.3) is 0 Å². The van der Waals surface area contributed by atoms with E-state index in [1.54, 1.807) is 0 Å². The molecule has 6 heteroatoms. The van der Waals surface area contributed by atoms with Crippen LogP contribution in [0.2, 0.25) is 0 Å². The molecule has 6 nitrogen and oxygen atoms in total. The minimum absolute atomic E-state index is 0.0519. The highest BCUT2D eigenvalue weighted by atomic mass is 16.4. The lowest BCUT2D eigenvalue weighted by Gasteiger charge is -2.17. The van der Waals surface area contributed by atoms with Crippen molar-refractivity contribution in [3.8, 4) is 0 Å². The van der Waals surface area contributed by atoms with E-state index in [0.29, 0.717) is 0 Å². The van der Waals surface area contributed by atoms with Gasteiger partial charge in [0.1, 0.15) is 0 Å². The second kappa shape index (κ2) is 6.09. The molecule has 3 atom stereocenters. The van der Waals surface area contributed by atoms with Crippen LogP contribution in [0.1, 0.15) is 26.7 Å². The maximum atomic E-state index is 10.8. The summed E-state index contributed by atoms with van der Waals surface area (Å²) in [6, 6.07) is 0. The first-order valence-corrected chi connectivity index (χ1v) is 4.95. The van der Waals surface area contributed by atoms with E-state index in [2.05, 4.69) is 0 Å². The molecule has 0 aromatic carbocycles. The quantitative estimate of drug-likeness (QED) is 0.601. The third-order valence-electron chi connectivity index (χ3n) is 2.64. The van der Waals surface area contributed by atoms with Crippen molar-refractivity contribution in [3.05, 3.63) is 0 Å². The van der Waals surface area contributed by atoms with E-state index < -0.39 is 35.7 Å². The minimum Gasteiger partial charge on any atom is -0.481 e. The van der Waals surface area contributed by atoms with Crippen molar-refractivity contribution in [2.45, 2.75) is 26.7 Å². The first-order chi connectivity index (χ1) is 7.27. The Labute approximate surface area is 92.9 Å². The van der Waals surface area contributed by atoms with Crippen LogP contribution < -0.4 is 0 Å². The Bertz CT molecular complexity index is 285. The number of hydrogen-bond donors (Lipinski definition) is 3. The van der Waals surface area contributed by atoms with Crippen molar-refractivity contribution in [3.63, 3.8) is 0 Å². The molecule has 16 heavy (non-hydrogen) atoms. The standard InChI is InChI=1S/C10H16O6/c1-5(8(11)12)3-4-7(10(15)16)6(2)9(13)14/h5-7H,3-4H2,1-2H3,(H,11,12)(H,13,14)(H,15,16). The van der Waals surface area contributed by atoms with Crippen molar-refractivity contribution < 1.29 is 29.7 Å². The minimum atomic E-state index is -1.20. The summed E-state index contributed by atoms with van der Waals surface area (Å²) in [6.45, 7) is 2.78. The molecule has 0 aliphatic rings. The van der Waals surface area contributed by atoms with Crippen LogP contribution in [0.5, 0.6) is 0 Å². The SMILES string of the molecule is CC(CCC(C(=O)O)C(C)C(=O)O)C(=O)O. The monoisotopic (exact) mass is 232 g/mol. The first kappa shape index (κ1) is 14.4. The highest BCUT2D eigenvalue weighted by Gasteiger charge is 2.30. The number of aliphatic carboxylic acids is 3. The lowest BCUT2D eigenvalue weighted by molar-refractivity contribution is -0.153. The van der Waals surface area contributed by atoms with Crippen LogP contribution >= 0.6 is 0 Å². The fraction of sp³-hybridized carbons (Fsp3) is 0.700. The van der Waals surface area contributed by atoms with E-state index in [0.717, 1.165) is 0 Å². The molecule has 0 saturated heterocycles. The molecule has 0 aromatic rings. The molecule has 0 radical (unpaired) electrons. The van der Waals surface area contributed by atoms with Gasteiger partial charge in [-0.3, -0.25) is 14.4 Å². The van der Waals surface area contributed by atoms with E-state index in [1.807, 2.05) is 0 Å². The zero-order chi connectivity index (χ0) is 12.9. The average Bonchev–Trinajstić information content (AvgIpc) is 2.16. The molecule has 0 aromatic heterocycles. The molecule has 0 heterocycles. The Kier molecular flexibility index (Phi) is 5.49. The largest absolute Gasteiger partial charge is 0.481 e. The summed E-state index contributed by atoms with van der Waals surface area (Å²) < 4.78 is 0. The van der Waals surface area contributed by atoms with Crippen LogP contribution in [0.15, 0.2) is 0 Å². The Hall–Kier alpha value is -1.59. The Morgan fingerprint density at radius 3 is 1.69 bits per heavy atom. The fourth-order valence-electron chi connectivity index (χ4n) is 1.31. The Balaban J connectivity index is 4.42. The van der Waals surface area contributed by atoms with E-state index in [4.69, 9.17) is 15.3 Å². The molecular weight excluding hydrogens is 216 g/mol. The number of hydrogen-bond acceptors (Lipinski definition) is 3. The zero-order valence-corrected chi connectivity index (χ0v) is 9.21. The summed E-state index contributed by atoms with van der Waals surface area (Å²) in [5, 5.41) is 26.1.